The van der Waals surface area contributed by atoms with Crippen LogP contribution in [0.2, 0.25) is 0 Å². The number of benzene rings is 1. The van der Waals surface area contributed by atoms with Crippen molar-refractivity contribution in [1.29, 1.82) is 0 Å². The maximum absolute atomic E-state index is 12.3. The van der Waals surface area contributed by atoms with Gasteiger partial charge in [0.25, 0.3) is 0 Å². The first kappa shape index (κ1) is 13.8. The van der Waals surface area contributed by atoms with Gasteiger partial charge >= 0.3 is 0 Å². The summed E-state index contributed by atoms with van der Waals surface area (Å²) < 4.78 is 10.6. The highest BCUT2D eigenvalue weighted by atomic mass is 16.7. The van der Waals surface area contributed by atoms with Crippen LogP contribution >= 0.6 is 0 Å². The van der Waals surface area contributed by atoms with Crippen molar-refractivity contribution in [3.63, 3.8) is 0 Å². The number of aliphatic hydroxyl groups is 1. The molecule has 22 heavy (non-hydrogen) atoms. The van der Waals surface area contributed by atoms with Crippen molar-refractivity contribution in [3.8, 4) is 11.5 Å². The smallest absolute Gasteiger partial charge is 0.238 e. The van der Waals surface area contributed by atoms with E-state index in [-0.39, 0.29) is 18.8 Å². The molecule has 3 aliphatic rings. The Morgan fingerprint density at radius 3 is 2.73 bits per heavy atom. The van der Waals surface area contributed by atoms with Crippen LogP contribution in [0, 0.1) is 0 Å². The minimum atomic E-state index is -0.203. The van der Waals surface area contributed by atoms with E-state index < -0.39 is 0 Å². The molecule has 2 fully saturated rings. The number of carbonyl (C=O) groups excluding carboxylic acids is 1. The topological polar surface area (TPSA) is 71.0 Å². The molecule has 2 bridgehead atoms. The molecule has 0 aliphatic carbocycles. The third-order valence-electron chi connectivity index (χ3n) is 4.84. The monoisotopic (exact) mass is 304 g/mol. The molecule has 3 heterocycles. The summed E-state index contributed by atoms with van der Waals surface area (Å²) in [5, 5.41) is 12.7. The number of rotatable bonds is 3. The first-order valence-corrected chi connectivity index (χ1v) is 7.82. The Hall–Kier alpha value is -1.79. The van der Waals surface area contributed by atoms with E-state index in [4.69, 9.17) is 9.47 Å². The van der Waals surface area contributed by atoms with Gasteiger partial charge in [0, 0.05) is 23.8 Å². The van der Waals surface area contributed by atoms with Crippen molar-refractivity contribution in [3.05, 3.63) is 18.2 Å². The van der Waals surface area contributed by atoms with Gasteiger partial charge in [-0.1, -0.05) is 0 Å². The normalized spacial score (nSPS) is 29.6. The van der Waals surface area contributed by atoms with Gasteiger partial charge in [0.1, 0.15) is 0 Å². The highest BCUT2D eigenvalue weighted by Crippen LogP contribution is 2.36. The van der Waals surface area contributed by atoms with Gasteiger partial charge in [-0.3, -0.25) is 9.69 Å². The fraction of sp³-hybridized carbons (Fsp3) is 0.562. The van der Waals surface area contributed by atoms with Crippen LogP contribution in [0.5, 0.6) is 11.5 Å². The minimum absolute atomic E-state index is 0.0212. The van der Waals surface area contributed by atoms with Gasteiger partial charge in [0.2, 0.25) is 12.7 Å². The van der Waals surface area contributed by atoms with E-state index in [1.807, 2.05) is 6.07 Å². The third kappa shape index (κ3) is 2.53. The summed E-state index contributed by atoms with van der Waals surface area (Å²) in [6.07, 6.45) is 3.53. The van der Waals surface area contributed by atoms with Gasteiger partial charge in [-0.25, -0.2) is 0 Å². The van der Waals surface area contributed by atoms with Crippen LogP contribution in [0.15, 0.2) is 18.2 Å². The van der Waals surface area contributed by atoms with Crippen LogP contribution in [-0.4, -0.2) is 47.4 Å². The van der Waals surface area contributed by atoms with Gasteiger partial charge in [-0.2, -0.15) is 0 Å². The first-order chi connectivity index (χ1) is 10.7. The number of fused-ring (bicyclic) bond motifs is 3. The number of nitrogens with zero attached hydrogens (tertiary/aromatic N) is 1. The molecule has 2 N–H and O–H groups in total. The van der Waals surface area contributed by atoms with Crippen molar-refractivity contribution in [2.75, 3.05) is 18.7 Å². The number of ether oxygens (including phenoxy) is 2. The van der Waals surface area contributed by atoms with E-state index >= 15 is 0 Å². The Balaban J connectivity index is 1.39. The average Bonchev–Trinajstić information content (AvgIpc) is 3.02. The summed E-state index contributed by atoms with van der Waals surface area (Å²) in [4.78, 5) is 14.5. The Labute approximate surface area is 129 Å². The quantitative estimate of drug-likeness (QED) is 0.882. The van der Waals surface area contributed by atoms with Gasteiger partial charge in [0.15, 0.2) is 11.5 Å². The molecule has 118 valence electrons. The van der Waals surface area contributed by atoms with E-state index in [1.54, 1.807) is 12.1 Å². The first-order valence-electron chi connectivity index (χ1n) is 7.82. The molecule has 6 heteroatoms. The van der Waals surface area contributed by atoms with E-state index in [1.165, 1.54) is 0 Å². The van der Waals surface area contributed by atoms with Crippen LogP contribution in [0.1, 0.15) is 25.7 Å². The minimum Gasteiger partial charge on any atom is -0.454 e. The highest BCUT2D eigenvalue weighted by Gasteiger charge is 2.40. The van der Waals surface area contributed by atoms with Crippen LogP contribution in [0.25, 0.3) is 0 Å². The zero-order valence-corrected chi connectivity index (χ0v) is 12.3. The van der Waals surface area contributed by atoms with Crippen molar-refractivity contribution >= 4 is 11.6 Å². The number of hydrogen-bond acceptors (Lipinski definition) is 5. The molecule has 2 unspecified atom stereocenters. The maximum atomic E-state index is 12.3. The lowest BCUT2D eigenvalue weighted by Crippen LogP contribution is -2.47. The standard InChI is InChI=1S/C16H20N2O4/c19-13-6-11-2-3-12(7-13)18(11)8-16(20)17-10-1-4-14-15(5-10)22-9-21-14/h1,4-5,11-13,19H,2-3,6-9H2,(H,17,20). The average molecular weight is 304 g/mol. The zero-order chi connectivity index (χ0) is 15.1. The number of aliphatic hydroxyl groups excluding tert-OH is 1. The summed E-state index contributed by atoms with van der Waals surface area (Å²) in [6.45, 7) is 0.614. The van der Waals surface area contributed by atoms with Gasteiger partial charge < -0.3 is 19.9 Å². The lowest BCUT2D eigenvalue weighted by atomic mass is 10.00. The summed E-state index contributed by atoms with van der Waals surface area (Å²) in [7, 11) is 0. The Morgan fingerprint density at radius 1 is 1.23 bits per heavy atom. The lowest BCUT2D eigenvalue weighted by molar-refractivity contribution is -0.119. The predicted octanol–water partition coefficient (Wildman–Crippen LogP) is 1.34. The Kier molecular flexibility index (Phi) is 3.43. The number of piperidine rings is 1. The highest BCUT2D eigenvalue weighted by molar-refractivity contribution is 5.92. The molecule has 0 saturated carbocycles. The third-order valence-corrected chi connectivity index (χ3v) is 4.84. The van der Waals surface area contributed by atoms with Gasteiger partial charge in [-0.15, -0.1) is 0 Å². The second-order valence-corrected chi connectivity index (χ2v) is 6.30. The maximum Gasteiger partial charge on any atom is 0.238 e. The molecular formula is C16H20N2O4. The second kappa shape index (κ2) is 5.44. The number of hydrogen-bond donors (Lipinski definition) is 2. The molecular weight excluding hydrogens is 284 g/mol. The fourth-order valence-electron chi connectivity index (χ4n) is 3.84. The van der Waals surface area contributed by atoms with E-state index in [9.17, 15) is 9.90 Å². The number of amides is 1. The molecule has 6 nitrogen and oxygen atoms in total. The zero-order valence-electron chi connectivity index (χ0n) is 12.3. The summed E-state index contributed by atoms with van der Waals surface area (Å²) in [5.74, 6) is 1.35. The molecule has 1 amide bonds. The van der Waals surface area contributed by atoms with Gasteiger partial charge in [0.05, 0.1) is 12.6 Å². The number of anilines is 1. The van der Waals surface area contributed by atoms with E-state index in [0.717, 1.165) is 31.4 Å². The van der Waals surface area contributed by atoms with Crippen LogP contribution in [0.4, 0.5) is 5.69 Å². The molecule has 0 aromatic heterocycles. The summed E-state index contributed by atoms with van der Waals surface area (Å²) in [5.41, 5.74) is 0.721. The van der Waals surface area contributed by atoms with Crippen molar-refractivity contribution in [2.45, 2.75) is 43.9 Å². The molecule has 0 spiro atoms. The van der Waals surface area contributed by atoms with Gasteiger partial charge in [-0.05, 0) is 37.8 Å². The lowest BCUT2D eigenvalue weighted by Gasteiger charge is -2.36. The van der Waals surface area contributed by atoms with Crippen molar-refractivity contribution < 1.29 is 19.4 Å². The molecule has 3 aliphatic heterocycles. The predicted molar refractivity (Wildman–Crippen MR) is 80.0 cm³/mol. The Bertz CT molecular complexity index is 578. The van der Waals surface area contributed by atoms with Crippen LogP contribution < -0.4 is 14.8 Å². The summed E-state index contributed by atoms with van der Waals surface area (Å²) in [6, 6.07) is 6.10. The molecule has 1 aromatic rings. The molecule has 2 atom stereocenters. The second-order valence-electron chi connectivity index (χ2n) is 6.30. The van der Waals surface area contributed by atoms with E-state index in [2.05, 4.69) is 10.2 Å². The number of carbonyl (C=O) groups is 1. The van der Waals surface area contributed by atoms with Crippen LogP contribution in [-0.2, 0) is 4.79 Å². The number of nitrogens with one attached hydrogen (secondary N) is 1. The van der Waals surface area contributed by atoms with Crippen molar-refractivity contribution in [2.24, 2.45) is 0 Å². The SMILES string of the molecule is O=C(CN1C2CCC1CC(O)C2)Nc1ccc2c(c1)OCO2. The molecule has 4 rings (SSSR count). The van der Waals surface area contributed by atoms with E-state index in [0.29, 0.717) is 30.1 Å². The largest absolute Gasteiger partial charge is 0.454 e. The van der Waals surface area contributed by atoms with Crippen LogP contribution in [0.3, 0.4) is 0 Å². The van der Waals surface area contributed by atoms with Crippen molar-refractivity contribution in [1.82, 2.24) is 4.90 Å². The Morgan fingerprint density at radius 2 is 1.95 bits per heavy atom. The molecule has 1 aromatic carbocycles. The fourth-order valence-corrected chi connectivity index (χ4v) is 3.84. The molecule has 2 saturated heterocycles. The summed E-state index contributed by atoms with van der Waals surface area (Å²) >= 11 is 0. The molecule has 0 radical (unpaired) electrons.